The Labute approximate surface area is 115 Å². The fourth-order valence-electron chi connectivity index (χ4n) is 1.39. The van der Waals surface area contributed by atoms with Crippen LogP contribution < -0.4 is 5.43 Å². The first kappa shape index (κ1) is 15.5. The van der Waals surface area contributed by atoms with E-state index >= 15 is 0 Å². The third kappa shape index (κ3) is 4.30. The van der Waals surface area contributed by atoms with E-state index in [9.17, 15) is 20.2 Å². The lowest BCUT2D eigenvalue weighted by molar-refractivity contribution is -0.393. The maximum atomic E-state index is 10.9. The van der Waals surface area contributed by atoms with Gasteiger partial charge in [-0.15, -0.1) is 0 Å². The Bertz CT molecular complexity index is 530. The maximum absolute atomic E-state index is 10.9. The lowest BCUT2D eigenvalue weighted by atomic mass is 10.1. The number of hydrazone groups is 1. The van der Waals surface area contributed by atoms with Gasteiger partial charge in [-0.05, 0) is 18.4 Å². The average molecular weight is 280 g/mol. The Balaban J connectivity index is 2.84. The second-order valence-electron chi connectivity index (χ2n) is 4.39. The molecule has 0 saturated heterocycles. The molecule has 0 heterocycles. The van der Waals surface area contributed by atoms with Gasteiger partial charge in [0.25, 0.3) is 5.69 Å². The number of benzene rings is 1. The van der Waals surface area contributed by atoms with Crippen molar-refractivity contribution in [3.63, 3.8) is 0 Å². The van der Waals surface area contributed by atoms with Crippen LogP contribution in [0.25, 0.3) is 0 Å². The number of nitrogens with zero attached hydrogens (tertiary/aromatic N) is 3. The number of nitro groups is 2. The van der Waals surface area contributed by atoms with E-state index in [1.807, 2.05) is 0 Å². The molecule has 0 radical (unpaired) electrons. The summed E-state index contributed by atoms with van der Waals surface area (Å²) in [4.78, 5) is 20.1. The Morgan fingerprint density at radius 1 is 1.35 bits per heavy atom. The summed E-state index contributed by atoms with van der Waals surface area (Å²) in [5.41, 5.74) is 1.97. The predicted octanol–water partition coefficient (Wildman–Crippen LogP) is 3.34. The van der Waals surface area contributed by atoms with Crippen LogP contribution in [0.3, 0.4) is 0 Å². The quantitative estimate of drug-likeness (QED) is 0.467. The second-order valence-corrected chi connectivity index (χ2v) is 4.39. The summed E-state index contributed by atoms with van der Waals surface area (Å²) in [5, 5.41) is 25.4. The molecule has 1 atom stereocenters. The van der Waals surface area contributed by atoms with Crippen molar-refractivity contribution in [2.45, 2.75) is 26.7 Å². The standard InChI is InChI=1S/C12H16N4O4/c1-3-9(2)6-7-13-14-11-5-4-10(15(17)18)8-12(11)16(19)20/h4-5,7-9,14H,3,6H2,1-2H3/b13-7+. The van der Waals surface area contributed by atoms with Crippen LogP contribution in [0.2, 0.25) is 0 Å². The topological polar surface area (TPSA) is 111 Å². The van der Waals surface area contributed by atoms with Crippen LogP contribution in [0.1, 0.15) is 26.7 Å². The molecule has 1 aromatic carbocycles. The molecule has 1 aromatic rings. The second kappa shape index (κ2) is 7.17. The molecule has 1 rings (SSSR count). The molecule has 1 N–H and O–H groups in total. The van der Waals surface area contributed by atoms with Gasteiger partial charge in [0.2, 0.25) is 0 Å². The first-order valence-corrected chi connectivity index (χ1v) is 6.16. The van der Waals surface area contributed by atoms with Gasteiger partial charge < -0.3 is 0 Å². The van der Waals surface area contributed by atoms with Gasteiger partial charge in [-0.25, -0.2) is 0 Å². The largest absolute Gasteiger partial charge is 0.301 e. The monoisotopic (exact) mass is 280 g/mol. The number of nitrogens with one attached hydrogen (secondary N) is 1. The van der Waals surface area contributed by atoms with Crippen LogP contribution in [0, 0.1) is 26.1 Å². The first-order chi connectivity index (χ1) is 9.45. The molecule has 0 aliphatic rings. The van der Waals surface area contributed by atoms with Gasteiger partial charge in [0, 0.05) is 12.3 Å². The van der Waals surface area contributed by atoms with Crippen LogP contribution in [-0.4, -0.2) is 16.1 Å². The number of nitro benzene ring substituents is 2. The van der Waals surface area contributed by atoms with E-state index in [2.05, 4.69) is 24.4 Å². The predicted molar refractivity (Wildman–Crippen MR) is 75.9 cm³/mol. The third-order valence-corrected chi connectivity index (χ3v) is 2.87. The van der Waals surface area contributed by atoms with Crippen molar-refractivity contribution in [2.75, 3.05) is 5.43 Å². The Kier molecular flexibility index (Phi) is 5.57. The van der Waals surface area contributed by atoms with E-state index in [1.165, 1.54) is 12.1 Å². The van der Waals surface area contributed by atoms with Crippen molar-refractivity contribution in [1.82, 2.24) is 0 Å². The van der Waals surface area contributed by atoms with E-state index in [0.717, 1.165) is 18.9 Å². The first-order valence-electron chi connectivity index (χ1n) is 6.16. The summed E-state index contributed by atoms with van der Waals surface area (Å²) in [7, 11) is 0. The summed E-state index contributed by atoms with van der Waals surface area (Å²) < 4.78 is 0. The molecule has 0 aromatic heterocycles. The van der Waals surface area contributed by atoms with Crippen LogP contribution >= 0.6 is 0 Å². The highest BCUT2D eigenvalue weighted by Crippen LogP contribution is 2.28. The highest BCUT2D eigenvalue weighted by molar-refractivity contribution is 5.67. The zero-order chi connectivity index (χ0) is 15.1. The van der Waals surface area contributed by atoms with Gasteiger partial charge in [-0.1, -0.05) is 20.3 Å². The zero-order valence-corrected chi connectivity index (χ0v) is 11.3. The summed E-state index contributed by atoms with van der Waals surface area (Å²) in [6.45, 7) is 4.13. The molecule has 20 heavy (non-hydrogen) atoms. The molecule has 8 heteroatoms. The Morgan fingerprint density at radius 2 is 2.05 bits per heavy atom. The molecule has 0 aliphatic carbocycles. The van der Waals surface area contributed by atoms with Crippen molar-refractivity contribution < 1.29 is 9.85 Å². The fraction of sp³-hybridized carbons (Fsp3) is 0.417. The van der Waals surface area contributed by atoms with Crippen molar-refractivity contribution in [3.05, 3.63) is 38.4 Å². The molecule has 0 bridgehead atoms. The normalized spacial score (nSPS) is 12.3. The lowest BCUT2D eigenvalue weighted by Gasteiger charge is -2.04. The molecule has 8 nitrogen and oxygen atoms in total. The lowest BCUT2D eigenvalue weighted by Crippen LogP contribution is -1.99. The van der Waals surface area contributed by atoms with Gasteiger partial charge in [-0.3, -0.25) is 25.7 Å². The molecule has 1 unspecified atom stereocenters. The van der Waals surface area contributed by atoms with E-state index in [1.54, 1.807) is 6.21 Å². The molecule has 108 valence electrons. The minimum Gasteiger partial charge on any atom is -0.272 e. The SMILES string of the molecule is CCC(C)C/C=N/Nc1ccc([N+](=O)[O-])cc1[N+](=O)[O-]. The molecular formula is C12H16N4O4. The molecule has 0 aliphatic heterocycles. The number of hydrogen-bond donors (Lipinski definition) is 1. The summed E-state index contributed by atoms with van der Waals surface area (Å²) in [6, 6.07) is 3.38. The minimum atomic E-state index is -0.681. The average Bonchev–Trinajstić information content (AvgIpc) is 2.42. The molecule has 0 saturated carbocycles. The van der Waals surface area contributed by atoms with Gasteiger partial charge >= 0.3 is 5.69 Å². The van der Waals surface area contributed by atoms with E-state index in [0.29, 0.717) is 5.92 Å². The van der Waals surface area contributed by atoms with Crippen molar-refractivity contribution in [2.24, 2.45) is 11.0 Å². The van der Waals surface area contributed by atoms with Gasteiger partial charge in [0.05, 0.1) is 15.9 Å². The van der Waals surface area contributed by atoms with Crippen LogP contribution in [0.5, 0.6) is 0 Å². The number of rotatable bonds is 7. The zero-order valence-electron chi connectivity index (χ0n) is 11.3. The minimum absolute atomic E-state index is 0.126. The molecular weight excluding hydrogens is 264 g/mol. The molecule has 0 spiro atoms. The fourth-order valence-corrected chi connectivity index (χ4v) is 1.39. The number of anilines is 1. The number of hydrogen-bond acceptors (Lipinski definition) is 6. The van der Waals surface area contributed by atoms with Crippen LogP contribution in [-0.2, 0) is 0 Å². The van der Waals surface area contributed by atoms with E-state index in [-0.39, 0.29) is 17.1 Å². The number of non-ortho nitro benzene ring substituents is 1. The van der Waals surface area contributed by atoms with Gasteiger partial charge in [-0.2, -0.15) is 5.10 Å². The van der Waals surface area contributed by atoms with E-state index in [4.69, 9.17) is 0 Å². The molecule has 0 fully saturated rings. The molecule has 0 amide bonds. The van der Waals surface area contributed by atoms with Gasteiger partial charge in [0.15, 0.2) is 0 Å². The van der Waals surface area contributed by atoms with Crippen molar-refractivity contribution in [1.29, 1.82) is 0 Å². The van der Waals surface area contributed by atoms with Gasteiger partial charge in [0.1, 0.15) is 5.69 Å². The van der Waals surface area contributed by atoms with Crippen LogP contribution in [0.15, 0.2) is 23.3 Å². The summed E-state index contributed by atoms with van der Waals surface area (Å²) in [6.07, 6.45) is 3.41. The van der Waals surface area contributed by atoms with E-state index < -0.39 is 9.85 Å². The van der Waals surface area contributed by atoms with Crippen molar-refractivity contribution >= 4 is 23.3 Å². The Hall–Kier alpha value is -2.51. The van der Waals surface area contributed by atoms with Crippen LogP contribution in [0.4, 0.5) is 17.1 Å². The smallest absolute Gasteiger partial charge is 0.272 e. The van der Waals surface area contributed by atoms with Crippen molar-refractivity contribution in [3.8, 4) is 0 Å². The third-order valence-electron chi connectivity index (χ3n) is 2.87. The highest BCUT2D eigenvalue weighted by Gasteiger charge is 2.18. The summed E-state index contributed by atoms with van der Waals surface area (Å²) >= 11 is 0. The summed E-state index contributed by atoms with van der Waals surface area (Å²) in [5.74, 6) is 0.479. The highest BCUT2D eigenvalue weighted by atomic mass is 16.6. The maximum Gasteiger partial charge on any atom is 0.301 e. The Morgan fingerprint density at radius 3 is 2.60 bits per heavy atom.